The van der Waals surface area contributed by atoms with Gasteiger partial charge >= 0.3 is 0 Å². The average molecular weight is 345 g/mol. The summed E-state index contributed by atoms with van der Waals surface area (Å²) in [5.41, 5.74) is 2.87. The van der Waals surface area contributed by atoms with Crippen LogP contribution in [0.4, 0.5) is 0 Å². The molecule has 0 radical (unpaired) electrons. The van der Waals surface area contributed by atoms with Crippen molar-refractivity contribution in [2.24, 2.45) is 0 Å². The SMILES string of the molecule is CC(C)c1ccc(C(O)c2cc3cccc(Br)c3o2)cc1. The van der Waals surface area contributed by atoms with Crippen LogP contribution in [0.3, 0.4) is 0 Å². The lowest BCUT2D eigenvalue weighted by atomic mass is 9.99. The predicted molar refractivity (Wildman–Crippen MR) is 88.5 cm³/mol. The van der Waals surface area contributed by atoms with Gasteiger partial charge in [0, 0.05) is 5.39 Å². The second-order valence-corrected chi connectivity index (χ2v) is 6.39. The lowest BCUT2D eigenvalue weighted by Crippen LogP contribution is -1.98. The van der Waals surface area contributed by atoms with Gasteiger partial charge in [0.1, 0.15) is 17.4 Å². The molecule has 1 aromatic heterocycles. The maximum atomic E-state index is 10.5. The van der Waals surface area contributed by atoms with E-state index in [0.29, 0.717) is 11.7 Å². The maximum absolute atomic E-state index is 10.5. The Balaban J connectivity index is 1.96. The molecule has 0 saturated carbocycles. The van der Waals surface area contributed by atoms with Gasteiger partial charge in [-0.25, -0.2) is 0 Å². The summed E-state index contributed by atoms with van der Waals surface area (Å²) < 4.78 is 6.69. The van der Waals surface area contributed by atoms with E-state index < -0.39 is 6.10 Å². The molecule has 1 unspecified atom stereocenters. The number of aliphatic hydroxyl groups excluding tert-OH is 1. The molecular weight excluding hydrogens is 328 g/mol. The smallest absolute Gasteiger partial charge is 0.148 e. The molecule has 0 saturated heterocycles. The molecular formula is C18H17BrO2. The molecule has 0 aliphatic carbocycles. The van der Waals surface area contributed by atoms with Crippen LogP contribution >= 0.6 is 15.9 Å². The first kappa shape index (κ1) is 14.4. The third kappa shape index (κ3) is 2.76. The highest BCUT2D eigenvalue weighted by Crippen LogP contribution is 2.32. The summed E-state index contributed by atoms with van der Waals surface area (Å²) in [6, 6.07) is 15.8. The number of hydrogen-bond acceptors (Lipinski definition) is 2. The van der Waals surface area contributed by atoms with E-state index in [4.69, 9.17) is 4.42 Å². The van der Waals surface area contributed by atoms with Crippen molar-refractivity contribution in [3.8, 4) is 0 Å². The van der Waals surface area contributed by atoms with Crippen molar-refractivity contribution in [2.45, 2.75) is 25.9 Å². The van der Waals surface area contributed by atoms with Gasteiger partial charge < -0.3 is 9.52 Å². The minimum absolute atomic E-state index is 0.485. The van der Waals surface area contributed by atoms with Crippen molar-refractivity contribution in [3.63, 3.8) is 0 Å². The third-order valence-electron chi connectivity index (χ3n) is 3.70. The zero-order valence-electron chi connectivity index (χ0n) is 12.0. The van der Waals surface area contributed by atoms with E-state index in [-0.39, 0.29) is 0 Å². The molecule has 3 aromatic rings. The van der Waals surface area contributed by atoms with E-state index in [9.17, 15) is 5.11 Å². The Bertz CT molecular complexity index is 756. The van der Waals surface area contributed by atoms with Crippen LogP contribution in [0.15, 0.2) is 57.4 Å². The highest BCUT2D eigenvalue weighted by atomic mass is 79.9. The van der Waals surface area contributed by atoms with E-state index in [1.807, 2.05) is 36.4 Å². The Morgan fingerprint density at radius 1 is 1.00 bits per heavy atom. The number of aliphatic hydroxyl groups is 1. The number of fused-ring (bicyclic) bond motifs is 1. The van der Waals surface area contributed by atoms with E-state index in [1.54, 1.807) is 0 Å². The first-order chi connectivity index (χ1) is 10.1. The van der Waals surface area contributed by atoms with Crippen LogP contribution in [-0.2, 0) is 0 Å². The van der Waals surface area contributed by atoms with Gasteiger partial charge in [-0.15, -0.1) is 0 Å². The van der Waals surface area contributed by atoms with E-state index >= 15 is 0 Å². The summed E-state index contributed by atoms with van der Waals surface area (Å²) >= 11 is 3.47. The van der Waals surface area contributed by atoms with Gasteiger partial charge in [0.05, 0.1) is 4.47 Å². The number of halogens is 1. The van der Waals surface area contributed by atoms with Crippen molar-refractivity contribution in [1.29, 1.82) is 0 Å². The Kier molecular flexibility index (Phi) is 3.87. The molecule has 1 atom stereocenters. The van der Waals surface area contributed by atoms with Gasteiger partial charge in [0.15, 0.2) is 0 Å². The van der Waals surface area contributed by atoms with Gasteiger partial charge in [-0.2, -0.15) is 0 Å². The van der Waals surface area contributed by atoms with Crippen molar-refractivity contribution >= 4 is 26.9 Å². The first-order valence-corrected chi connectivity index (χ1v) is 7.81. The Labute approximate surface area is 132 Å². The molecule has 108 valence electrons. The summed E-state index contributed by atoms with van der Waals surface area (Å²) in [7, 11) is 0. The maximum Gasteiger partial charge on any atom is 0.148 e. The molecule has 2 aromatic carbocycles. The standard InChI is InChI=1S/C18H17BrO2/c1-11(2)12-6-8-13(9-7-12)17(20)16-10-14-4-3-5-15(19)18(14)21-16/h3-11,17,20H,1-2H3. The van der Waals surface area contributed by atoms with Crippen LogP contribution in [0, 0.1) is 0 Å². The van der Waals surface area contributed by atoms with E-state index in [0.717, 1.165) is 21.0 Å². The molecule has 0 amide bonds. The molecule has 0 bridgehead atoms. The van der Waals surface area contributed by atoms with Crippen LogP contribution in [0.1, 0.15) is 42.8 Å². The lowest BCUT2D eigenvalue weighted by Gasteiger charge is -2.10. The Hall–Kier alpha value is -1.58. The van der Waals surface area contributed by atoms with Gasteiger partial charge in [0.25, 0.3) is 0 Å². The third-order valence-corrected chi connectivity index (χ3v) is 4.33. The molecule has 0 aliphatic heterocycles. The van der Waals surface area contributed by atoms with E-state index in [2.05, 4.69) is 41.9 Å². The van der Waals surface area contributed by atoms with Crippen LogP contribution in [0.25, 0.3) is 11.0 Å². The minimum Gasteiger partial charge on any atom is -0.457 e. The summed E-state index contributed by atoms with van der Waals surface area (Å²) in [6.45, 7) is 4.31. The average Bonchev–Trinajstić information content (AvgIpc) is 2.92. The van der Waals surface area contributed by atoms with Crippen LogP contribution in [-0.4, -0.2) is 5.11 Å². The number of hydrogen-bond donors (Lipinski definition) is 1. The van der Waals surface area contributed by atoms with E-state index in [1.165, 1.54) is 5.56 Å². The first-order valence-electron chi connectivity index (χ1n) is 7.02. The quantitative estimate of drug-likeness (QED) is 0.689. The number of benzene rings is 2. The predicted octanol–water partition coefficient (Wildman–Crippen LogP) is 5.40. The fourth-order valence-electron chi connectivity index (χ4n) is 2.41. The molecule has 1 heterocycles. The molecule has 3 rings (SSSR count). The van der Waals surface area contributed by atoms with Gasteiger partial charge in [-0.1, -0.05) is 50.2 Å². The lowest BCUT2D eigenvalue weighted by molar-refractivity contribution is 0.192. The van der Waals surface area contributed by atoms with Crippen molar-refractivity contribution < 1.29 is 9.52 Å². The molecule has 2 nitrogen and oxygen atoms in total. The molecule has 3 heteroatoms. The summed E-state index contributed by atoms with van der Waals surface area (Å²) in [6.07, 6.45) is -0.745. The van der Waals surface area contributed by atoms with Crippen LogP contribution < -0.4 is 0 Å². The van der Waals surface area contributed by atoms with Crippen molar-refractivity contribution in [3.05, 3.63) is 69.9 Å². The number of para-hydroxylation sites is 1. The van der Waals surface area contributed by atoms with Gasteiger partial charge in [0.2, 0.25) is 0 Å². The minimum atomic E-state index is -0.745. The number of furan rings is 1. The van der Waals surface area contributed by atoms with Crippen LogP contribution in [0.2, 0.25) is 0 Å². The molecule has 0 spiro atoms. The molecule has 0 aliphatic rings. The Morgan fingerprint density at radius 3 is 2.29 bits per heavy atom. The topological polar surface area (TPSA) is 33.4 Å². The second kappa shape index (κ2) is 5.66. The summed E-state index contributed by atoms with van der Waals surface area (Å²) in [4.78, 5) is 0. The van der Waals surface area contributed by atoms with Crippen molar-refractivity contribution in [2.75, 3.05) is 0 Å². The molecule has 21 heavy (non-hydrogen) atoms. The van der Waals surface area contributed by atoms with Crippen molar-refractivity contribution in [1.82, 2.24) is 0 Å². The van der Waals surface area contributed by atoms with Gasteiger partial charge in [-0.05, 0) is 45.1 Å². The summed E-state index contributed by atoms with van der Waals surface area (Å²) in [5, 5.41) is 11.5. The zero-order valence-corrected chi connectivity index (χ0v) is 13.6. The molecule has 0 fully saturated rings. The fourth-order valence-corrected chi connectivity index (χ4v) is 2.87. The highest BCUT2D eigenvalue weighted by molar-refractivity contribution is 9.10. The zero-order chi connectivity index (χ0) is 15.0. The monoisotopic (exact) mass is 344 g/mol. The number of rotatable bonds is 3. The summed E-state index contributed by atoms with van der Waals surface area (Å²) in [5.74, 6) is 1.05. The normalized spacial score (nSPS) is 13.0. The van der Waals surface area contributed by atoms with Crippen LogP contribution in [0.5, 0.6) is 0 Å². The van der Waals surface area contributed by atoms with Gasteiger partial charge in [-0.3, -0.25) is 0 Å². The largest absolute Gasteiger partial charge is 0.457 e. The molecule has 1 N–H and O–H groups in total. The second-order valence-electron chi connectivity index (χ2n) is 5.53. The highest BCUT2D eigenvalue weighted by Gasteiger charge is 2.16. The Morgan fingerprint density at radius 2 is 1.67 bits per heavy atom. The fraction of sp³-hybridized carbons (Fsp3) is 0.222.